The average Bonchev–Trinajstić information content (AvgIpc) is 2.72. The molecule has 0 fully saturated rings. The molecule has 128 valence electrons. The van der Waals surface area contributed by atoms with Crippen molar-refractivity contribution in [1.29, 1.82) is 0 Å². The van der Waals surface area contributed by atoms with Crippen LogP contribution in [0.3, 0.4) is 0 Å². The van der Waals surface area contributed by atoms with Gasteiger partial charge in [-0.1, -0.05) is 81.4 Å². The molecule has 3 rings (SSSR count). The largest absolute Gasteiger partial charge is 0.261 e. The molecule has 1 aliphatic rings. The van der Waals surface area contributed by atoms with Gasteiger partial charge < -0.3 is 0 Å². The van der Waals surface area contributed by atoms with E-state index in [1.54, 1.807) is 0 Å². The molecule has 0 aromatic heterocycles. The Labute approximate surface area is 151 Å². The normalized spacial score (nSPS) is 18.5. The fraction of sp³-hybridized carbons (Fsp3) is 0.292. The molecule has 1 unspecified atom stereocenters. The summed E-state index contributed by atoms with van der Waals surface area (Å²) in [7, 11) is 0. The molecule has 0 saturated heterocycles. The van der Waals surface area contributed by atoms with Gasteiger partial charge in [0.15, 0.2) is 0 Å². The van der Waals surface area contributed by atoms with E-state index in [0.29, 0.717) is 0 Å². The van der Waals surface area contributed by atoms with Crippen LogP contribution in [0.5, 0.6) is 0 Å². The van der Waals surface area contributed by atoms with Crippen molar-refractivity contribution in [2.75, 3.05) is 0 Å². The maximum Gasteiger partial charge on any atom is 0.0479 e. The molecule has 2 aromatic rings. The Bertz CT molecular complexity index is 831. The van der Waals surface area contributed by atoms with E-state index in [1.165, 1.54) is 22.3 Å². The van der Waals surface area contributed by atoms with Crippen LogP contribution in [0.4, 0.5) is 0 Å². The van der Waals surface area contributed by atoms with Crippen LogP contribution in [0.2, 0.25) is 0 Å². The van der Waals surface area contributed by atoms with Gasteiger partial charge in [-0.05, 0) is 42.2 Å². The minimum Gasteiger partial charge on any atom is -0.261 e. The lowest BCUT2D eigenvalue weighted by Crippen LogP contribution is -2.13. The molecule has 0 radical (unpaired) electrons. The Morgan fingerprint density at radius 2 is 1.36 bits per heavy atom. The average molecular weight is 329 g/mol. The fourth-order valence-electron chi connectivity index (χ4n) is 3.46. The zero-order valence-corrected chi connectivity index (χ0v) is 15.9. The summed E-state index contributed by atoms with van der Waals surface area (Å²) in [6.45, 7) is 11.1. The first kappa shape index (κ1) is 17.4. The van der Waals surface area contributed by atoms with Crippen LogP contribution >= 0.6 is 0 Å². The maximum atomic E-state index is 5.07. The first-order chi connectivity index (χ1) is 11.9. The van der Waals surface area contributed by atoms with Crippen molar-refractivity contribution in [3.63, 3.8) is 0 Å². The first-order valence-electron chi connectivity index (χ1n) is 8.96. The van der Waals surface area contributed by atoms with Gasteiger partial charge in [-0.3, -0.25) is 4.99 Å². The third-order valence-electron chi connectivity index (χ3n) is 4.77. The second-order valence-electron chi connectivity index (χ2n) is 7.84. The monoisotopic (exact) mass is 329 g/mol. The van der Waals surface area contributed by atoms with Gasteiger partial charge in [-0.2, -0.15) is 0 Å². The maximum absolute atomic E-state index is 5.07. The van der Waals surface area contributed by atoms with E-state index in [0.717, 1.165) is 11.4 Å². The lowest BCUT2D eigenvalue weighted by molar-refractivity contribution is 0.498. The highest BCUT2D eigenvalue weighted by molar-refractivity contribution is 6.02. The van der Waals surface area contributed by atoms with Gasteiger partial charge in [0, 0.05) is 22.7 Å². The highest BCUT2D eigenvalue weighted by Crippen LogP contribution is 2.41. The number of benzene rings is 2. The van der Waals surface area contributed by atoms with Crippen LogP contribution in [-0.2, 0) is 0 Å². The van der Waals surface area contributed by atoms with Crippen molar-refractivity contribution >= 4 is 11.3 Å². The fourth-order valence-corrected chi connectivity index (χ4v) is 3.46. The molecule has 1 aliphatic heterocycles. The van der Waals surface area contributed by atoms with Gasteiger partial charge in [0.2, 0.25) is 0 Å². The Hall–Kier alpha value is -2.41. The zero-order valence-electron chi connectivity index (χ0n) is 15.9. The summed E-state index contributed by atoms with van der Waals surface area (Å²) in [5.41, 5.74) is 7.55. The molecule has 25 heavy (non-hydrogen) atoms. The second-order valence-corrected chi connectivity index (χ2v) is 7.84. The molecule has 0 saturated carbocycles. The van der Waals surface area contributed by atoms with Gasteiger partial charge >= 0.3 is 0 Å². The number of aliphatic imine (C=N–C) groups is 1. The highest BCUT2D eigenvalue weighted by Gasteiger charge is 2.27. The van der Waals surface area contributed by atoms with Gasteiger partial charge in [-0.25, -0.2) is 0 Å². The summed E-state index contributed by atoms with van der Waals surface area (Å²) >= 11 is 0. The first-order valence-corrected chi connectivity index (χ1v) is 8.96. The summed E-state index contributed by atoms with van der Waals surface area (Å²) in [5, 5.41) is 0. The van der Waals surface area contributed by atoms with E-state index in [9.17, 15) is 0 Å². The van der Waals surface area contributed by atoms with Crippen molar-refractivity contribution in [3.05, 3.63) is 89.1 Å². The van der Waals surface area contributed by atoms with Crippen LogP contribution in [0.25, 0.3) is 5.57 Å². The third-order valence-corrected chi connectivity index (χ3v) is 4.77. The van der Waals surface area contributed by atoms with E-state index in [-0.39, 0.29) is 11.3 Å². The van der Waals surface area contributed by atoms with E-state index in [1.807, 2.05) is 0 Å². The number of rotatable bonds is 2. The van der Waals surface area contributed by atoms with Gasteiger partial charge in [0.1, 0.15) is 0 Å². The molecule has 0 spiro atoms. The topological polar surface area (TPSA) is 12.4 Å². The Morgan fingerprint density at radius 3 is 1.92 bits per heavy atom. The summed E-state index contributed by atoms with van der Waals surface area (Å²) in [6.07, 6.45) is 2.27. The van der Waals surface area contributed by atoms with Crippen LogP contribution in [-0.4, -0.2) is 5.71 Å². The summed E-state index contributed by atoms with van der Waals surface area (Å²) in [4.78, 5) is 5.07. The molecule has 0 bridgehead atoms. The summed E-state index contributed by atoms with van der Waals surface area (Å²) in [6, 6.07) is 21.4. The summed E-state index contributed by atoms with van der Waals surface area (Å²) in [5.74, 6) is 0.180. The van der Waals surface area contributed by atoms with E-state index in [4.69, 9.17) is 4.99 Å². The number of hydrogen-bond donors (Lipinski definition) is 0. The Kier molecular flexibility index (Phi) is 4.76. The number of hydrogen-bond acceptors (Lipinski definition) is 1. The predicted molar refractivity (Wildman–Crippen MR) is 109 cm³/mol. The van der Waals surface area contributed by atoms with Crippen molar-refractivity contribution in [2.24, 2.45) is 10.4 Å². The zero-order chi connectivity index (χ0) is 18.0. The number of nitrogens with zero attached hydrogens (tertiary/aromatic N) is 1. The van der Waals surface area contributed by atoms with Crippen LogP contribution < -0.4 is 0 Å². The lowest BCUT2D eigenvalue weighted by Gasteiger charge is -2.23. The van der Waals surface area contributed by atoms with E-state index < -0.39 is 0 Å². The highest BCUT2D eigenvalue weighted by atomic mass is 14.8. The minimum absolute atomic E-state index is 0.0237. The van der Waals surface area contributed by atoms with Crippen LogP contribution in [0.1, 0.15) is 51.7 Å². The van der Waals surface area contributed by atoms with E-state index in [2.05, 4.69) is 101 Å². The molecule has 1 nitrogen and oxygen atoms in total. The van der Waals surface area contributed by atoms with Gasteiger partial charge in [0.25, 0.3) is 0 Å². The van der Waals surface area contributed by atoms with Crippen LogP contribution in [0, 0.1) is 5.41 Å². The molecule has 1 atom stereocenters. The van der Waals surface area contributed by atoms with Crippen molar-refractivity contribution in [2.45, 2.75) is 40.5 Å². The third kappa shape index (κ3) is 3.66. The van der Waals surface area contributed by atoms with Crippen LogP contribution in [0.15, 0.2) is 83.0 Å². The molecule has 0 N–H and O–H groups in total. The molecule has 2 aromatic carbocycles. The second kappa shape index (κ2) is 6.84. The predicted octanol–water partition coefficient (Wildman–Crippen LogP) is 6.65. The summed E-state index contributed by atoms with van der Waals surface area (Å²) < 4.78 is 0. The van der Waals surface area contributed by atoms with E-state index >= 15 is 0 Å². The Morgan fingerprint density at radius 1 is 0.800 bits per heavy atom. The molecular weight excluding hydrogens is 302 g/mol. The SMILES string of the molecule is CC1=NC(C(C)(C)C)=CC(C)=C(c2ccccc2)C1c1ccccc1. The van der Waals surface area contributed by atoms with Crippen molar-refractivity contribution in [3.8, 4) is 0 Å². The molecular formula is C24H27N. The molecule has 0 aliphatic carbocycles. The standard InChI is InChI=1S/C24H27N/c1-17-16-21(24(3,4)5)25-18(2)23(20-14-10-7-11-15-20)22(17)19-12-8-6-9-13-19/h6-16,23H,1-5H3. The smallest absolute Gasteiger partial charge is 0.0479 e. The molecule has 0 amide bonds. The van der Waals surface area contributed by atoms with Crippen molar-refractivity contribution < 1.29 is 0 Å². The van der Waals surface area contributed by atoms with Crippen molar-refractivity contribution in [1.82, 2.24) is 0 Å². The number of allylic oxidation sites excluding steroid dienone is 4. The quantitative estimate of drug-likeness (QED) is 0.585. The minimum atomic E-state index is 0.0237. The molecule has 1 heterocycles. The van der Waals surface area contributed by atoms with Gasteiger partial charge in [0.05, 0.1) is 0 Å². The lowest BCUT2D eigenvalue weighted by atomic mass is 9.81. The van der Waals surface area contributed by atoms with Gasteiger partial charge in [-0.15, -0.1) is 0 Å². The Balaban J connectivity index is 2.27. The molecule has 1 heteroatoms.